The number of carboxylic acids is 1. The van der Waals surface area contributed by atoms with E-state index in [1.807, 2.05) is 13.8 Å². The lowest BCUT2D eigenvalue weighted by Gasteiger charge is -2.27. The first kappa shape index (κ1) is 29.8. The van der Waals surface area contributed by atoms with E-state index in [9.17, 15) is 33.9 Å². The Hall–Kier alpha value is -3.22. The molecule has 0 heterocycles. The van der Waals surface area contributed by atoms with Gasteiger partial charge in [0.15, 0.2) is 0 Å². The maximum atomic E-state index is 12.9. The highest BCUT2D eigenvalue weighted by Gasteiger charge is 2.32. The molecule has 0 aromatic carbocycles. The van der Waals surface area contributed by atoms with Crippen molar-refractivity contribution in [3.05, 3.63) is 0 Å². The van der Waals surface area contributed by atoms with Gasteiger partial charge in [-0.05, 0) is 24.7 Å². The van der Waals surface area contributed by atoms with Crippen molar-refractivity contribution in [2.24, 2.45) is 29.0 Å². The van der Waals surface area contributed by atoms with E-state index in [2.05, 4.69) is 16.0 Å². The Balaban J connectivity index is 5.52. The van der Waals surface area contributed by atoms with Gasteiger partial charge in [-0.15, -0.1) is 0 Å². The third kappa shape index (κ3) is 11.8. The van der Waals surface area contributed by atoms with Crippen LogP contribution in [0.3, 0.4) is 0 Å². The molecule has 0 saturated heterocycles. The number of amides is 5. The molecule has 0 aromatic heterocycles. The first-order valence-electron chi connectivity index (χ1n) is 10.6. The second-order valence-corrected chi connectivity index (χ2v) is 8.60. The minimum atomic E-state index is -1.63. The van der Waals surface area contributed by atoms with Crippen molar-refractivity contribution in [2.75, 3.05) is 0 Å². The highest BCUT2D eigenvalue weighted by molar-refractivity contribution is 5.95. The number of rotatable bonds is 15. The summed E-state index contributed by atoms with van der Waals surface area (Å²) in [5.74, 6) is -5.67. The van der Waals surface area contributed by atoms with Crippen LogP contribution < -0.4 is 33.2 Å². The average molecular weight is 473 g/mol. The Morgan fingerprint density at radius 3 is 1.76 bits per heavy atom. The van der Waals surface area contributed by atoms with Gasteiger partial charge in [0, 0.05) is 6.42 Å². The molecule has 0 aliphatic rings. The van der Waals surface area contributed by atoms with Crippen LogP contribution in [0.5, 0.6) is 0 Å². The summed E-state index contributed by atoms with van der Waals surface area (Å²) >= 11 is 0. The van der Waals surface area contributed by atoms with Gasteiger partial charge in [-0.1, -0.05) is 27.7 Å². The third-order valence-corrected chi connectivity index (χ3v) is 4.64. The summed E-state index contributed by atoms with van der Waals surface area (Å²) < 4.78 is 0. The van der Waals surface area contributed by atoms with E-state index >= 15 is 0 Å². The molecule has 0 bridgehead atoms. The fourth-order valence-corrected chi connectivity index (χ4v) is 2.90. The number of carboxylic acid groups (broad SMARTS) is 1. The monoisotopic (exact) mass is 472 g/mol. The predicted molar refractivity (Wildman–Crippen MR) is 118 cm³/mol. The van der Waals surface area contributed by atoms with Crippen LogP contribution in [0.4, 0.5) is 0 Å². The van der Waals surface area contributed by atoms with Gasteiger partial charge in [-0.2, -0.15) is 0 Å². The summed E-state index contributed by atoms with van der Waals surface area (Å²) in [6.45, 7) is 7.13. The van der Waals surface area contributed by atoms with Gasteiger partial charge >= 0.3 is 5.97 Å². The van der Waals surface area contributed by atoms with Crippen molar-refractivity contribution in [2.45, 2.75) is 77.5 Å². The Morgan fingerprint density at radius 2 is 1.33 bits per heavy atom. The number of carbonyl (C=O) groups excluding carboxylic acids is 5. The second kappa shape index (κ2) is 14.0. The third-order valence-electron chi connectivity index (χ3n) is 4.64. The van der Waals surface area contributed by atoms with Crippen molar-refractivity contribution in [1.82, 2.24) is 16.0 Å². The molecule has 0 rings (SSSR count). The number of nitrogens with two attached hydrogens (primary N) is 3. The summed E-state index contributed by atoms with van der Waals surface area (Å²) in [6, 6.07) is -4.88. The van der Waals surface area contributed by atoms with E-state index in [-0.39, 0.29) is 24.7 Å². The lowest BCUT2D eigenvalue weighted by molar-refractivity contribution is -0.144. The fourth-order valence-electron chi connectivity index (χ4n) is 2.90. The molecule has 188 valence electrons. The Morgan fingerprint density at radius 1 is 0.788 bits per heavy atom. The van der Waals surface area contributed by atoms with E-state index in [1.54, 1.807) is 13.8 Å². The molecular formula is C20H36N6O7. The zero-order valence-corrected chi connectivity index (χ0v) is 19.4. The van der Waals surface area contributed by atoms with Crippen LogP contribution in [0, 0.1) is 11.8 Å². The van der Waals surface area contributed by atoms with Crippen molar-refractivity contribution < 1.29 is 33.9 Å². The number of carbonyl (C=O) groups is 6. The molecule has 0 radical (unpaired) electrons. The van der Waals surface area contributed by atoms with Gasteiger partial charge in [-0.3, -0.25) is 24.0 Å². The number of hydrogen-bond acceptors (Lipinski definition) is 7. The number of primary amides is 2. The largest absolute Gasteiger partial charge is 0.480 e. The summed E-state index contributed by atoms with van der Waals surface area (Å²) in [5.41, 5.74) is 16.0. The SMILES string of the molecule is CC(C)CC(N)C(=O)NC(C(=O)NC(CCC(N)=O)C(=O)NC(CC(N)=O)C(=O)O)C(C)C. The lowest BCUT2D eigenvalue weighted by Crippen LogP contribution is -2.58. The fraction of sp³-hybridized carbons (Fsp3) is 0.700. The number of hydrogen-bond donors (Lipinski definition) is 7. The van der Waals surface area contributed by atoms with E-state index in [0.29, 0.717) is 6.42 Å². The Labute approximate surface area is 192 Å². The molecular weight excluding hydrogens is 436 g/mol. The zero-order valence-electron chi connectivity index (χ0n) is 19.4. The highest BCUT2D eigenvalue weighted by Crippen LogP contribution is 2.08. The van der Waals surface area contributed by atoms with Crippen LogP contribution in [0.15, 0.2) is 0 Å². The van der Waals surface area contributed by atoms with E-state index in [4.69, 9.17) is 17.2 Å². The minimum Gasteiger partial charge on any atom is -0.480 e. The van der Waals surface area contributed by atoms with Crippen LogP contribution in [-0.2, 0) is 28.8 Å². The summed E-state index contributed by atoms with van der Waals surface area (Å²) in [4.78, 5) is 71.5. The van der Waals surface area contributed by atoms with Crippen molar-refractivity contribution in [3.8, 4) is 0 Å². The Bertz CT molecular complexity index is 740. The maximum absolute atomic E-state index is 12.9. The molecule has 33 heavy (non-hydrogen) atoms. The lowest BCUT2D eigenvalue weighted by atomic mass is 9.99. The molecule has 13 heteroatoms. The zero-order chi connectivity index (χ0) is 25.9. The summed E-state index contributed by atoms with van der Waals surface area (Å²) in [5, 5.41) is 16.3. The molecule has 0 aliphatic carbocycles. The van der Waals surface area contributed by atoms with E-state index < -0.39 is 66.1 Å². The first-order chi connectivity index (χ1) is 15.1. The number of nitrogens with one attached hydrogen (secondary N) is 3. The quantitative estimate of drug-likeness (QED) is 0.136. The molecule has 0 fully saturated rings. The van der Waals surface area contributed by atoms with Crippen LogP contribution in [0.25, 0.3) is 0 Å². The molecule has 4 atom stereocenters. The normalized spacial score (nSPS) is 14.6. The summed E-state index contributed by atoms with van der Waals surface area (Å²) in [7, 11) is 0. The standard InChI is InChI=1S/C20H36N6O7/c1-9(2)7-11(21)17(29)26-16(10(3)4)19(31)24-12(5-6-14(22)27)18(30)25-13(20(32)33)8-15(23)28/h9-13,16H,5-8,21H2,1-4H3,(H2,22,27)(H2,23,28)(H,24,31)(H,25,30)(H,26,29)(H,32,33). The van der Waals surface area contributed by atoms with Crippen molar-refractivity contribution in [1.29, 1.82) is 0 Å². The van der Waals surface area contributed by atoms with Gasteiger partial charge in [0.25, 0.3) is 0 Å². The van der Waals surface area contributed by atoms with E-state index in [1.165, 1.54) is 0 Å². The Kier molecular flexibility index (Phi) is 12.7. The summed E-state index contributed by atoms with van der Waals surface area (Å²) in [6.07, 6.45) is -0.792. The van der Waals surface area contributed by atoms with Gasteiger partial charge in [0.05, 0.1) is 12.5 Å². The first-order valence-corrected chi connectivity index (χ1v) is 10.6. The van der Waals surface area contributed by atoms with Crippen molar-refractivity contribution in [3.63, 3.8) is 0 Å². The van der Waals surface area contributed by atoms with E-state index in [0.717, 1.165) is 0 Å². The maximum Gasteiger partial charge on any atom is 0.326 e. The average Bonchev–Trinajstić information content (AvgIpc) is 2.66. The predicted octanol–water partition coefficient (Wildman–Crippen LogP) is -2.30. The van der Waals surface area contributed by atoms with Gasteiger partial charge in [-0.25, -0.2) is 4.79 Å². The molecule has 0 saturated carbocycles. The molecule has 0 aromatic rings. The second-order valence-electron chi connectivity index (χ2n) is 8.60. The topological polar surface area (TPSA) is 237 Å². The molecule has 4 unspecified atom stereocenters. The molecule has 5 amide bonds. The van der Waals surface area contributed by atoms with Gasteiger partial charge in [0.2, 0.25) is 29.5 Å². The van der Waals surface area contributed by atoms with Gasteiger partial charge < -0.3 is 38.3 Å². The van der Waals surface area contributed by atoms with Crippen LogP contribution >= 0.6 is 0 Å². The minimum absolute atomic E-state index is 0.154. The molecule has 0 spiro atoms. The van der Waals surface area contributed by atoms with Crippen LogP contribution in [0.1, 0.15) is 53.4 Å². The number of aliphatic carboxylic acids is 1. The smallest absolute Gasteiger partial charge is 0.326 e. The van der Waals surface area contributed by atoms with Crippen LogP contribution in [-0.4, -0.2) is 64.8 Å². The van der Waals surface area contributed by atoms with Crippen LogP contribution in [0.2, 0.25) is 0 Å². The van der Waals surface area contributed by atoms with Crippen molar-refractivity contribution >= 4 is 35.5 Å². The molecule has 13 nitrogen and oxygen atoms in total. The molecule has 0 aliphatic heterocycles. The highest BCUT2D eigenvalue weighted by atomic mass is 16.4. The van der Waals surface area contributed by atoms with Gasteiger partial charge in [0.1, 0.15) is 18.1 Å². The molecule has 10 N–H and O–H groups in total.